The van der Waals surface area contributed by atoms with Crippen LogP contribution in [0.1, 0.15) is 12.5 Å². The summed E-state index contributed by atoms with van der Waals surface area (Å²) in [6, 6.07) is 16.7. The van der Waals surface area contributed by atoms with Crippen LogP contribution < -0.4 is 9.04 Å². The van der Waals surface area contributed by atoms with Gasteiger partial charge in [0.2, 0.25) is 10.0 Å². The molecule has 0 saturated heterocycles. The highest BCUT2D eigenvalue weighted by molar-refractivity contribution is 7.92. The molecule has 0 aromatic heterocycles. The lowest BCUT2D eigenvalue weighted by Gasteiger charge is -2.22. The van der Waals surface area contributed by atoms with Crippen molar-refractivity contribution in [2.24, 2.45) is 0 Å². The van der Waals surface area contributed by atoms with Crippen molar-refractivity contribution in [2.45, 2.75) is 13.3 Å². The fourth-order valence-electron chi connectivity index (χ4n) is 2.32. The largest absolute Gasteiger partial charge is 0.497 e. The van der Waals surface area contributed by atoms with Gasteiger partial charge in [-0.15, -0.1) is 0 Å². The van der Waals surface area contributed by atoms with E-state index in [2.05, 4.69) is 0 Å². The zero-order chi connectivity index (χ0) is 16.0. The van der Waals surface area contributed by atoms with E-state index in [0.717, 1.165) is 11.3 Å². The predicted molar refractivity (Wildman–Crippen MR) is 89.9 cm³/mol. The summed E-state index contributed by atoms with van der Waals surface area (Å²) in [6.07, 6.45) is 0.461. The van der Waals surface area contributed by atoms with Gasteiger partial charge in [0.05, 0.1) is 18.6 Å². The van der Waals surface area contributed by atoms with Crippen LogP contribution in [0, 0.1) is 0 Å². The Labute approximate surface area is 132 Å². The van der Waals surface area contributed by atoms with Crippen molar-refractivity contribution in [3.8, 4) is 5.75 Å². The van der Waals surface area contributed by atoms with Crippen LogP contribution in [-0.2, 0) is 16.4 Å². The molecule has 0 bridgehead atoms. The molecule has 2 aromatic carbocycles. The van der Waals surface area contributed by atoms with Crippen molar-refractivity contribution in [3.63, 3.8) is 0 Å². The Morgan fingerprint density at radius 1 is 1.05 bits per heavy atom. The highest BCUT2D eigenvalue weighted by Gasteiger charge is 2.20. The molecule has 2 aromatic rings. The topological polar surface area (TPSA) is 46.6 Å². The summed E-state index contributed by atoms with van der Waals surface area (Å²) in [5.74, 6) is 0.813. The predicted octanol–water partition coefficient (Wildman–Crippen LogP) is 3.09. The molecule has 0 spiro atoms. The summed E-state index contributed by atoms with van der Waals surface area (Å²) >= 11 is 0. The van der Waals surface area contributed by atoms with Crippen molar-refractivity contribution in [3.05, 3.63) is 60.2 Å². The summed E-state index contributed by atoms with van der Waals surface area (Å²) in [6.45, 7) is 2.26. The number of anilines is 1. The van der Waals surface area contributed by atoms with Gasteiger partial charge in [-0.25, -0.2) is 8.42 Å². The molecular formula is C17H21NO3S. The maximum atomic E-state index is 12.6. The van der Waals surface area contributed by atoms with Crippen molar-refractivity contribution in [1.82, 2.24) is 0 Å². The van der Waals surface area contributed by atoms with E-state index in [4.69, 9.17) is 4.74 Å². The van der Waals surface area contributed by atoms with Crippen LogP contribution in [0.15, 0.2) is 54.6 Å². The van der Waals surface area contributed by atoms with E-state index in [0.29, 0.717) is 18.7 Å². The van der Waals surface area contributed by atoms with Gasteiger partial charge in [0.1, 0.15) is 5.75 Å². The Bertz CT molecular complexity index is 699. The maximum absolute atomic E-state index is 12.6. The van der Waals surface area contributed by atoms with Gasteiger partial charge in [-0.1, -0.05) is 30.3 Å². The molecule has 0 aliphatic rings. The molecule has 0 amide bonds. The second kappa shape index (κ2) is 7.31. The van der Waals surface area contributed by atoms with Gasteiger partial charge >= 0.3 is 0 Å². The van der Waals surface area contributed by atoms with Gasteiger partial charge in [-0.3, -0.25) is 4.31 Å². The van der Waals surface area contributed by atoms with Crippen LogP contribution in [0.25, 0.3) is 0 Å². The van der Waals surface area contributed by atoms with Crippen LogP contribution in [0.5, 0.6) is 5.75 Å². The standard InChI is InChI=1S/C17H21NO3S/c1-3-18(16-9-5-4-6-10-16)22(19,20)13-12-15-8-7-11-17(14-15)21-2/h4-11,14H,3,12-13H2,1-2H3. The minimum atomic E-state index is -3.35. The van der Waals surface area contributed by atoms with Crippen molar-refractivity contribution >= 4 is 15.7 Å². The Kier molecular flexibility index (Phi) is 5.44. The number of para-hydroxylation sites is 1. The molecule has 0 aliphatic heterocycles. The minimum absolute atomic E-state index is 0.0723. The fourth-order valence-corrected chi connectivity index (χ4v) is 3.87. The molecule has 2 rings (SSSR count). The number of hydrogen-bond acceptors (Lipinski definition) is 3. The smallest absolute Gasteiger partial charge is 0.235 e. The van der Waals surface area contributed by atoms with E-state index in [1.165, 1.54) is 4.31 Å². The summed E-state index contributed by atoms with van der Waals surface area (Å²) in [5, 5.41) is 0. The second-order valence-electron chi connectivity index (χ2n) is 4.92. The fraction of sp³-hybridized carbons (Fsp3) is 0.294. The lowest BCUT2D eigenvalue weighted by atomic mass is 10.2. The third-order valence-corrected chi connectivity index (χ3v) is 5.31. The van der Waals surface area contributed by atoms with Gasteiger partial charge < -0.3 is 4.74 Å². The van der Waals surface area contributed by atoms with Crippen LogP contribution in [0.2, 0.25) is 0 Å². The number of nitrogens with zero attached hydrogens (tertiary/aromatic N) is 1. The monoisotopic (exact) mass is 319 g/mol. The summed E-state index contributed by atoms with van der Waals surface area (Å²) in [5.41, 5.74) is 1.66. The van der Waals surface area contributed by atoms with Gasteiger partial charge in [-0.05, 0) is 43.2 Å². The average Bonchev–Trinajstić information content (AvgIpc) is 2.55. The second-order valence-corrected chi connectivity index (χ2v) is 6.93. The first-order valence-electron chi connectivity index (χ1n) is 7.25. The number of rotatable bonds is 7. The first-order chi connectivity index (χ1) is 10.6. The number of sulfonamides is 1. The molecular weight excluding hydrogens is 298 g/mol. The third-order valence-electron chi connectivity index (χ3n) is 3.45. The molecule has 0 heterocycles. The Hall–Kier alpha value is -2.01. The van der Waals surface area contributed by atoms with Gasteiger partial charge in [0.15, 0.2) is 0 Å². The SMILES string of the molecule is CCN(c1ccccc1)S(=O)(=O)CCc1cccc(OC)c1. The molecule has 0 N–H and O–H groups in total. The minimum Gasteiger partial charge on any atom is -0.497 e. The molecule has 22 heavy (non-hydrogen) atoms. The van der Waals surface area contributed by atoms with Crippen LogP contribution in [-0.4, -0.2) is 27.8 Å². The number of hydrogen-bond donors (Lipinski definition) is 0. The van der Waals surface area contributed by atoms with E-state index >= 15 is 0 Å². The number of benzene rings is 2. The Balaban J connectivity index is 2.12. The Morgan fingerprint density at radius 2 is 1.77 bits per heavy atom. The molecule has 4 nitrogen and oxygen atoms in total. The highest BCUT2D eigenvalue weighted by atomic mass is 32.2. The normalized spacial score (nSPS) is 11.2. The molecule has 118 valence electrons. The van der Waals surface area contributed by atoms with Crippen molar-refractivity contribution in [2.75, 3.05) is 23.7 Å². The summed E-state index contributed by atoms with van der Waals surface area (Å²) < 4.78 is 31.8. The first kappa shape index (κ1) is 16.4. The highest BCUT2D eigenvalue weighted by Crippen LogP contribution is 2.19. The summed E-state index contributed by atoms with van der Waals surface area (Å²) in [4.78, 5) is 0. The van der Waals surface area contributed by atoms with Crippen LogP contribution >= 0.6 is 0 Å². The van der Waals surface area contributed by atoms with E-state index in [1.807, 2.05) is 61.5 Å². The molecule has 0 aliphatic carbocycles. The van der Waals surface area contributed by atoms with Gasteiger partial charge in [-0.2, -0.15) is 0 Å². The lowest BCUT2D eigenvalue weighted by Crippen LogP contribution is -2.33. The lowest BCUT2D eigenvalue weighted by molar-refractivity contribution is 0.414. The molecule has 0 atom stereocenters. The molecule has 0 saturated carbocycles. The molecule has 0 fully saturated rings. The molecule has 0 unspecified atom stereocenters. The number of ether oxygens (including phenoxy) is 1. The molecule has 5 heteroatoms. The van der Waals surface area contributed by atoms with E-state index in [1.54, 1.807) is 7.11 Å². The van der Waals surface area contributed by atoms with E-state index in [-0.39, 0.29) is 5.75 Å². The zero-order valence-corrected chi connectivity index (χ0v) is 13.7. The van der Waals surface area contributed by atoms with Crippen LogP contribution in [0.4, 0.5) is 5.69 Å². The van der Waals surface area contributed by atoms with E-state index < -0.39 is 10.0 Å². The first-order valence-corrected chi connectivity index (χ1v) is 8.86. The van der Waals surface area contributed by atoms with E-state index in [9.17, 15) is 8.42 Å². The van der Waals surface area contributed by atoms with Gasteiger partial charge in [0.25, 0.3) is 0 Å². The number of aryl methyl sites for hydroxylation is 1. The third kappa shape index (κ3) is 4.01. The van der Waals surface area contributed by atoms with Gasteiger partial charge in [0, 0.05) is 6.54 Å². The maximum Gasteiger partial charge on any atom is 0.235 e. The zero-order valence-electron chi connectivity index (χ0n) is 12.9. The number of methoxy groups -OCH3 is 1. The quantitative estimate of drug-likeness (QED) is 0.788. The van der Waals surface area contributed by atoms with Crippen molar-refractivity contribution < 1.29 is 13.2 Å². The Morgan fingerprint density at radius 3 is 2.41 bits per heavy atom. The summed E-state index contributed by atoms with van der Waals surface area (Å²) in [7, 11) is -1.75. The molecule has 0 radical (unpaired) electrons. The average molecular weight is 319 g/mol. The van der Waals surface area contributed by atoms with Crippen molar-refractivity contribution in [1.29, 1.82) is 0 Å². The van der Waals surface area contributed by atoms with Crippen LogP contribution in [0.3, 0.4) is 0 Å².